The fourth-order valence-corrected chi connectivity index (χ4v) is 7.41. The SMILES string of the molecule is CC(C)C1CCC(c2ccccc2N2CCC3(CC2)C(=O)NCN3CCCCCCCCCN(C)C)CC1. The molecule has 1 aliphatic carbocycles. The van der Waals surface area contributed by atoms with E-state index in [1.54, 1.807) is 5.56 Å². The van der Waals surface area contributed by atoms with E-state index in [2.05, 4.69) is 72.2 Å². The van der Waals surface area contributed by atoms with E-state index in [1.807, 2.05) is 0 Å². The van der Waals surface area contributed by atoms with Gasteiger partial charge in [0.25, 0.3) is 0 Å². The number of amides is 1. The summed E-state index contributed by atoms with van der Waals surface area (Å²) in [5.74, 6) is 2.67. The molecule has 5 heteroatoms. The van der Waals surface area contributed by atoms with Crippen LogP contribution in [0.5, 0.6) is 0 Å². The van der Waals surface area contributed by atoms with Crippen LogP contribution >= 0.6 is 0 Å². The van der Waals surface area contributed by atoms with Crippen molar-refractivity contribution in [1.82, 2.24) is 15.1 Å². The number of piperidine rings is 1. The van der Waals surface area contributed by atoms with Gasteiger partial charge in [0.15, 0.2) is 0 Å². The summed E-state index contributed by atoms with van der Waals surface area (Å²) in [7, 11) is 4.32. The molecule has 1 saturated carbocycles. The van der Waals surface area contributed by atoms with E-state index < -0.39 is 0 Å². The van der Waals surface area contributed by atoms with Crippen LogP contribution < -0.4 is 10.2 Å². The summed E-state index contributed by atoms with van der Waals surface area (Å²) in [6.07, 6.45) is 16.5. The molecule has 38 heavy (non-hydrogen) atoms. The van der Waals surface area contributed by atoms with Gasteiger partial charge < -0.3 is 15.1 Å². The van der Waals surface area contributed by atoms with Crippen LogP contribution in [0.3, 0.4) is 0 Å². The Balaban J connectivity index is 1.25. The van der Waals surface area contributed by atoms with E-state index >= 15 is 0 Å². The summed E-state index contributed by atoms with van der Waals surface area (Å²) in [6, 6.07) is 9.17. The predicted octanol–water partition coefficient (Wildman–Crippen LogP) is 6.64. The van der Waals surface area contributed by atoms with Crippen molar-refractivity contribution in [3.05, 3.63) is 29.8 Å². The second kappa shape index (κ2) is 14.2. The van der Waals surface area contributed by atoms with Crippen molar-refractivity contribution in [2.75, 3.05) is 51.8 Å². The number of para-hydroxylation sites is 1. The lowest BCUT2D eigenvalue weighted by molar-refractivity contribution is -0.127. The second-order valence-electron chi connectivity index (χ2n) is 13.1. The number of unbranched alkanes of at least 4 members (excludes halogenated alkanes) is 6. The average molecular weight is 525 g/mol. The van der Waals surface area contributed by atoms with Gasteiger partial charge in [-0.3, -0.25) is 9.69 Å². The fourth-order valence-electron chi connectivity index (χ4n) is 7.41. The van der Waals surface area contributed by atoms with Crippen LogP contribution in [0.25, 0.3) is 0 Å². The molecule has 2 saturated heterocycles. The van der Waals surface area contributed by atoms with Gasteiger partial charge in [0.1, 0.15) is 5.54 Å². The summed E-state index contributed by atoms with van der Waals surface area (Å²) in [5.41, 5.74) is 2.71. The highest BCUT2D eigenvalue weighted by atomic mass is 16.2. The van der Waals surface area contributed by atoms with Crippen LogP contribution in [-0.2, 0) is 4.79 Å². The molecule has 1 amide bonds. The zero-order chi connectivity index (χ0) is 27.0. The first-order chi connectivity index (χ1) is 18.4. The number of carbonyl (C=O) groups excluding carboxylic acids is 1. The molecular formula is C33H56N4O. The average Bonchev–Trinajstić information content (AvgIpc) is 3.22. The van der Waals surface area contributed by atoms with Crippen LogP contribution in [0, 0.1) is 11.8 Å². The Kier molecular flexibility index (Phi) is 11.0. The molecule has 1 N–H and O–H groups in total. The number of anilines is 1. The minimum absolute atomic E-state index is 0.276. The van der Waals surface area contributed by atoms with Gasteiger partial charge in [-0.25, -0.2) is 0 Å². The van der Waals surface area contributed by atoms with Gasteiger partial charge >= 0.3 is 0 Å². The first-order valence-electron chi connectivity index (χ1n) is 15.9. The molecule has 1 aromatic rings. The molecule has 0 radical (unpaired) electrons. The molecule has 0 aromatic heterocycles. The standard InChI is InChI=1S/C33H56N4O/c1-27(2)28-16-18-29(19-17-28)30-14-10-11-15-31(30)36-24-20-33(21-25-36)32(38)34-26-37(33)23-13-9-7-5-6-8-12-22-35(3)4/h10-11,14-15,27-29H,5-9,12-13,16-26H2,1-4H3,(H,34,38). The summed E-state index contributed by atoms with van der Waals surface area (Å²) in [5, 5.41) is 3.21. The van der Waals surface area contributed by atoms with Crippen molar-refractivity contribution < 1.29 is 4.79 Å². The highest BCUT2D eigenvalue weighted by Gasteiger charge is 2.50. The van der Waals surface area contributed by atoms with Crippen molar-refractivity contribution in [1.29, 1.82) is 0 Å². The van der Waals surface area contributed by atoms with E-state index in [0.29, 0.717) is 5.92 Å². The fraction of sp³-hybridized carbons (Fsp3) is 0.788. The van der Waals surface area contributed by atoms with Crippen molar-refractivity contribution >= 4 is 11.6 Å². The van der Waals surface area contributed by atoms with Gasteiger partial charge in [0, 0.05) is 25.3 Å². The van der Waals surface area contributed by atoms with E-state index in [1.165, 1.54) is 82.9 Å². The van der Waals surface area contributed by atoms with Crippen LogP contribution in [0.15, 0.2) is 24.3 Å². The molecule has 3 fully saturated rings. The Morgan fingerprint density at radius 2 is 1.55 bits per heavy atom. The van der Waals surface area contributed by atoms with E-state index in [0.717, 1.165) is 51.0 Å². The first kappa shape index (κ1) is 29.4. The lowest BCUT2D eigenvalue weighted by Gasteiger charge is -2.44. The normalized spacial score (nSPS) is 24.1. The minimum atomic E-state index is -0.285. The molecule has 214 valence electrons. The molecule has 0 unspecified atom stereocenters. The Morgan fingerprint density at radius 1 is 0.921 bits per heavy atom. The third-order valence-electron chi connectivity index (χ3n) is 10.0. The van der Waals surface area contributed by atoms with Gasteiger partial charge in [-0.2, -0.15) is 0 Å². The Hall–Kier alpha value is -1.59. The number of hydrogen-bond donors (Lipinski definition) is 1. The van der Waals surface area contributed by atoms with Gasteiger partial charge in [-0.1, -0.05) is 64.2 Å². The monoisotopic (exact) mass is 524 g/mol. The summed E-state index contributed by atoms with van der Waals surface area (Å²) in [6.45, 7) is 9.73. The van der Waals surface area contributed by atoms with Crippen LogP contribution in [0.4, 0.5) is 5.69 Å². The third-order valence-corrected chi connectivity index (χ3v) is 10.0. The number of nitrogens with one attached hydrogen (secondary N) is 1. The van der Waals surface area contributed by atoms with E-state index in [-0.39, 0.29) is 11.4 Å². The number of nitrogens with zero attached hydrogens (tertiary/aromatic N) is 3. The van der Waals surface area contributed by atoms with Gasteiger partial charge in [-0.05, 0) is 101 Å². The number of hydrogen-bond acceptors (Lipinski definition) is 4. The van der Waals surface area contributed by atoms with Crippen LogP contribution in [0.1, 0.15) is 109 Å². The molecule has 4 rings (SSSR count). The molecule has 3 aliphatic rings. The number of rotatable bonds is 13. The molecule has 1 spiro atoms. The van der Waals surface area contributed by atoms with Crippen LogP contribution in [-0.4, -0.2) is 68.2 Å². The predicted molar refractivity (Wildman–Crippen MR) is 161 cm³/mol. The topological polar surface area (TPSA) is 38.8 Å². The lowest BCUT2D eigenvalue weighted by atomic mass is 9.74. The molecule has 2 heterocycles. The van der Waals surface area contributed by atoms with Crippen molar-refractivity contribution in [2.45, 2.75) is 109 Å². The maximum atomic E-state index is 13.1. The smallest absolute Gasteiger partial charge is 0.241 e. The maximum absolute atomic E-state index is 13.1. The van der Waals surface area contributed by atoms with E-state index in [4.69, 9.17) is 0 Å². The van der Waals surface area contributed by atoms with Gasteiger partial charge in [0.05, 0.1) is 6.67 Å². The first-order valence-corrected chi connectivity index (χ1v) is 15.9. The Bertz CT molecular complexity index is 852. The molecule has 2 aliphatic heterocycles. The molecule has 1 aromatic carbocycles. The zero-order valence-electron chi connectivity index (χ0n) is 25.0. The second-order valence-corrected chi connectivity index (χ2v) is 13.1. The zero-order valence-corrected chi connectivity index (χ0v) is 25.0. The van der Waals surface area contributed by atoms with Crippen molar-refractivity contribution in [3.63, 3.8) is 0 Å². The van der Waals surface area contributed by atoms with Gasteiger partial charge in [-0.15, -0.1) is 0 Å². The maximum Gasteiger partial charge on any atom is 0.241 e. The van der Waals surface area contributed by atoms with E-state index in [9.17, 15) is 4.79 Å². The van der Waals surface area contributed by atoms with Gasteiger partial charge in [0.2, 0.25) is 5.91 Å². The quantitative estimate of drug-likeness (QED) is 0.294. The molecule has 5 nitrogen and oxygen atoms in total. The summed E-state index contributed by atoms with van der Waals surface area (Å²) in [4.78, 5) is 20.5. The Morgan fingerprint density at radius 3 is 2.21 bits per heavy atom. The van der Waals surface area contributed by atoms with Crippen LogP contribution in [0.2, 0.25) is 0 Å². The largest absolute Gasteiger partial charge is 0.371 e. The van der Waals surface area contributed by atoms with Crippen molar-refractivity contribution in [2.24, 2.45) is 11.8 Å². The molecule has 0 bridgehead atoms. The van der Waals surface area contributed by atoms with Crippen molar-refractivity contribution in [3.8, 4) is 0 Å². The molecular weight excluding hydrogens is 468 g/mol. The molecule has 0 atom stereocenters. The number of benzene rings is 1. The Labute approximate surface area is 233 Å². The number of carbonyl (C=O) groups is 1. The minimum Gasteiger partial charge on any atom is -0.371 e. The summed E-state index contributed by atoms with van der Waals surface area (Å²) >= 11 is 0. The lowest BCUT2D eigenvalue weighted by Crippen LogP contribution is -2.56. The highest BCUT2D eigenvalue weighted by Crippen LogP contribution is 2.43. The third kappa shape index (κ3) is 7.33. The summed E-state index contributed by atoms with van der Waals surface area (Å²) < 4.78 is 0. The highest BCUT2D eigenvalue weighted by molar-refractivity contribution is 5.88.